The van der Waals surface area contributed by atoms with E-state index in [-0.39, 0.29) is 18.2 Å². The molecule has 2 aromatic carbocycles. The van der Waals surface area contributed by atoms with Crippen LogP contribution in [0.3, 0.4) is 0 Å². The third kappa shape index (κ3) is 6.76. The van der Waals surface area contributed by atoms with Crippen molar-refractivity contribution in [3.63, 3.8) is 0 Å². The van der Waals surface area contributed by atoms with Gasteiger partial charge in [0.15, 0.2) is 16.7 Å². The van der Waals surface area contributed by atoms with Gasteiger partial charge in [0, 0.05) is 37.9 Å². The molecule has 3 rings (SSSR count). The summed E-state index contributed by atoms with van der Waals surface area (Å²) < 4.78 is 16.0. The Labute approximate surface area is 211 Å². The first-order chi connectivity index (χ1) is 16.9. The van der Waals surface area contributed by atoms with E-state index in [0.717, 1.165) is 16.8 Å². The lowest BCUT2D eigenvalue weighted by atomic mass is 10.1. The third-order valence-corrected chi connectivity index (χ3v) is 6.75. The van der Waals surface area contributed by atoms with Crippen LogP contribution in [0.1, 0.15) is 30.9 Å². The van der Waals surface area contributed by atoms with Crippen LogP contribution in [-0.2, 0) is 14.3 Å². The Morgan fingerprint density at radius 1 is 1.11 bits per heavy atom. The highest BCUT2D eigenvalue weighted by Crippen LogP contribution is 2.34. The molecule has 1 atom stereocenters. The van der Waals surface area contributed by atoms with Crippen molar-refractivity contribution in [3.05, 3.63) is 47.5 Å². The molecule has 2 aromatic rings. The van der Waals surface area contributed by atoms with E-state index in [1.165, 1.54) is 18.9 Å². The zero-order valence-electron chi connectivity index (χ0n) is 20.9. The Bertz CT molecular complexity index is 1070. The number of hydrogen-bond acceptors (Lipinski definition) is 7. The van der Waals surface area contributed by atoms with Crippen molar-refractivity contribution in [1.29, 1.82) is 0 Å². The van der Waals surface area contributed by atoms with Crippen molar-refractivity contribution < 1.29 is 23.8 Å². The quantitative estimate of drug-likeness (QED) is 0.451. The van der Waals surface area contributed by atoms with Gasteiger partial charge in [-0.1, -0.05) is 30.0 Å². The number of amidine groups is 1. The summed E-state index contributed by atoms with van der Waals surface area (Å²) in [5, 5.41) is 2.92. The zero-order valence-corrected chi connectivity index (χ0v) is 21.7. The smallest absolute Gasteiger partial charge is 0.242 e. The topological polar surface area (TPSA) is 89.5 Å². The highest BCUT2D eigenvalue weighted by Gasteiger charge is 2.39. The van der Waals surface area contributed by atoms with Crippen LogP contribution in [0.4, 0.5) is 11.4 Å². The number of hydrogen-bond donors (Lipinski definition) is 1. The molecule has 1 fully saturated rings. The second-order valence-corrected chi connectivity index (χ2v) is 9.27. The fraction of sp³-hybridized carbons (Fsp3) is 0.423. The Kier molecular flexibility index (Phi) is 9.56. The molecule has 1 N–H and O–H groups in total. The van der Waals surface area contributed by atoms with Gasteiger partial charge in [0.1, 0.15) is 5.25 Å². The van der Waals surface area contributed by atoms with Crippen molar-refractivity contribution in [2.45, 2.75) is 38.9 Å². The van der Waals surface area contributed by atoms with Crippen LogP contribution in [0.25, 0.3) is 0 Å². The molecule has 1 heterocycles. The number of carbonyl (C=O) groups excluding carboxylic acids is 2. The van der Waals surface area contributed by atoms with Gasteiger partial charge in [-0.15, -0.1) is 0 Å². The molecule has 8 nitrogen and oxygen atoms in total. The molecule has 0 radical (unpaired) electrons. The number of nitrogens with one attached hydrogen (secondary N) is 1. The minimum atomic E-state index is -0.551. The normalized spacial score (nSPS) is 16.6. The number of nitrogens with zero attached hydrogens (tertiary/aromatic N) is 2. The summed E-state index contributed by atoms with van der Waals surface area (Å²) in [4.78, 5) is 32.6. The maximum absolute atomic E-state index is 13.3. The van der Waals surface area contributed by atoms with Crippen molar-refractivity contribution in [3.8, 4) is 11.5 Å². The van der Waals surface area contributed by atoms with Crippen LogP contribution < -0.4 is 14.8 Å². The average molecular weight is 500 g/mol. The van der Waals surface area contributed by atoms with E-state index in [0.29, 0.717) is 48.5 Å². The third-order valence-electron chi connectivity index (χ3n) is 5.58. The number of benzene rings is 2. The Hall–Kier alpha value is -3.04. The van der Waals surface area contributed by atoms with Gasteiger partial charge in [0.2, 0.25) is 11.8 Å². The number of aryl methyl sites for hydroxylation is 2. The predicted molar refractivity (Wildman–Crippen MR) is 140 cm³/mol. The van der Waals surface area contributed by atoms with E-state index in [1.807, 2.05) is 39.0 Å². The zero-order chi connectivity index (χ0) is 25.4. The van der Waals surface area contributed by atoms with Gasteiger partial charge < -0.3 is 19.5 Å². The molecule has 1 saturated heterocycles. The van der Waals surface area contributed by atoms with Gasteiger partial charge in [-0.25, -0.2) is 4.99 Å². The molecule has 0 bridgehead atoms. The lowest BCUT2D eigenvalue weighted by Crippen LogP contribution is -2.34. The van der Waals surface area contributed by atoms with E-state index in [9.17, 15) is 9.59 Å². The van der Waals surface area contributed by atoms with Gasteiger partial charge in [0.05, 0.1) is 19.9 Å². The van der Waals surface area contributed by atoms with Crippen molar-refractivity contribution in [2.24, 2.45) is 4.99 Å². The molecular formula is C26H33N3O5S. The van der Waals surface area contributed by atoms with Gasteiger partial charge in [-0.2, -0.15) is 0 Å². The van der Waals surface area contributed by atoms with E-state index >= 15 is 0 Å². The summed E-state index contributed by atoms with van der Waals surface area (Å²) >= 11 is 1.34. The maximum Gasteiger partial charge on any atom is 0.242 e. The summed E-state index contributed by atoms with van der Waals surface area (Å²) in [6.07, 6.45) is 0.724. The van der Waals surface area contributed by atoms with E-state index in [2.05, 4.69) is 5.32 Å². The van der Waals surface area contributed by atoms with E-state index in [1.54, 1.807) is 30.2 Å². The van der Waals surface area contributed by atoms with Crippen molar-refractivity contribution >= 4 is 40.1 Å². The fourth-order valence-electron chi connectivity index (χ4n) is 3.77. The summed E-state index contributed by atoms with van der Waals surface area (Å²) in [6, 6.07) is 11.1. The minimum absolute atomic E-state index is 0.0333. The molecular weight excluding hydrogens is 466 g/mol. The minimum Gasteiger partial charge on any atom is -0.493 e. The maximum atomic E-state index is 13.3. The SMILES string of the molecule is CCOCCCN1C(=O)C(CC(=O)Nc2ccc(OC)c(OC)c2)SC1=Nc1c(C)cccc1C. The summed E-state index contributed by atoms with van der Waals surface area (Å²) in [7, 11) is 3.09. The Morgan fingerprint density at radius 3 is 2.49 bits per heavy atom. The van der Waals surface area contributed by atoms with Gasteiger partial charge in [-0.05, 0) is 50.5 Å². The highest BCUT2D eigenvalue weighted by molar-refractivity contribution is 8.15. The van der Waals surface area contributed by atoms with Crippen molar-refractivity contribution in [1.82, 2.24) is 4.90 Å². The number of para-hydroxylation sites is 1. The van der Waals surface area contributed by atoms with E-state index in [4.69, 9.17) is 19.2 Å². The highest BCUT2D eigenvalue weighted by atomic mass is 32.2. The number of methoxy groups -OCH3 is 2. The van der Waals surface area contributed by atoms with Crippen LogP contribution in [-0.4, -0.2) is 61.1 Å². The van der Waals surface area contributed by atoms with Crippen LogP contribution in [0.2, 0.25) is 0 Å². The molecule has 1 aliphatic rings. The van der Waals surface area contributed by atoms with Crippen molar-refractivity contribution in [2.75, 3.05) is 39.3 Å². The number of thioether (sulfide) groups is 1. The summed E-state index contributed by atoms with van der Waals surface area (Å²) in [5.74, 6) is 0.715. The van der Waals surface area contributed by atoms with E-state index < -0.39 is 5.25 Å². The number of ether oxygens (including phenoxy) is 3. The number of anilines is 1. The second kappa shape index (κ2) is 12.6. The van der Waals surface area contributed by atoms with Gasteiger partial charge >= 0.3 is 0 Å². The van der Waals surface area contributed by atoms with Crippen LogP contribution in [0, 0.1) is 13.8 Å². The largest absolute Gasteiger partial charge is 0.493 e. The monoisotopic (exact) mass is 499 g/mol. The van der Waals surface area contributed by atoms with Crippen LogP contribution >= 0.6 is 11.8 Å². The molecule has 2 amide bonds. The molecule has 188 valence electrons. The molecule has 1 unspecified atom stereocenters. The van der Waals surface area contributed by atoms with Crippen LogP contribution in [0.5, 0.6) is 11.5 Å². The number of amides is 2. The number of aliphatic imine (C=N–C) groups is 1. The molecule has 0 spiro atoms. The average Bonchev–Trinajstić information content (AvgIpc) is 3.12. The standard InChI is InChI=1S/C26H33N3O5S/c1-6-34-14-8-13-29-25(31)22(35-26(29)28-24-17(2)9-7-10-18(24)3)16-23(30)27-19-11-12-20(32-4)21(15-19)33-5/h7,9-12,15,22H,6,8,13-14,16H2,1-5H3,(H,27,30). The molecule has 0 aromatic heterocycles. The summed E-state index contributed by atoms with van der Waals surface area (Å²) in [6.45, 7) is 7.63. The predicted octanol–water partition coefficient (Wildman–Crippen LogP) is 4.71. The second-order valence-electron chi connectivity index (χ2n) is 8.10. The fourth-order valence-corrected chi connectivity index (χ4v) is 4.94. The first-order valence-corrected chi connectivity index (χ1v) is 12.5. The summed E-state index contributed by atoms with van der Waals surface area (Å²) in [5.41, 5.74) is 3.50. The molecule has 1 aliphatic heterocycles. The van der Waals surface area contributed by atoms with Gasteiger partial charge in [-0.3, -0.25) is 14.5 Å². The molecule has 35 heavy (non-hydrogen) atoms. The lowest BCUT2D eigenvalue weighted by Gasteiger charge is -2.17. The first kappa shape index (κ1) is 26.6. The molecule has 9 heteroatoms. The number of carbonyl (C=O) groups is 2. The Balaban J connectivity index is 1.76. The lowest BCUT2D eigenvalue weighted by molar-refractivity contribution is -0.128. The number of rotatable bonds is 11. The van der Waals surface area contributed by atoms with Gasteiger partial charge in [0.25, 0.3) is 0 Å². The molecule has 0 aliphatic carbocycles. The Morgan fingerprint density at radius 2 is 1.83 bits per heavy atom. The molecule has 0 saturated carbocycles. The first-order valence-electron chi connectivity index (χ1n) is 11.6. The van der Waals surface area contributed by atoms with Crippen LogP contribution in [0.15, 0.2) is 41.4 Å².